The summed E-state index contributed by atoms with van der Waals surface area (Å²) in [5, 5.41) is 10.1. The van der Waals surface area contributed by atoms with Gasteiger partial charge in [-0.25, -0.2) is 14.2 Å². The van der Waals surface area contributed by atoms with E-state index in [9.17, 15) is 9.18 Å². The van der Waals surface area contributed by atoms with Crippen LogP contribution in [0, 0.1) is 12.7 Å². The van der Waals surface area contributed by atoms with E-state index in [4.69, 9.17) is 10.1 Å². The van der Waals surface area contributed by atoms with Gasteiger partial charge in [-0.3, -0.25) is 0 Å². The maximum absolute atomic E-state index is 14.0. The predicted octanol–water partition coefficient (Wildman–Crippen LogP) is 3.61. The van der Waals surface area contributed by atoms with Crippen LogP contribution in [0.15, 0.2) is 48.5 Å². The molecule has 0 aliphatic carbocycles. The van der Waals surface area contributed by atoms with Crippen molar-refractivity contribution in [1.82, 2.24) is 4.98 Å². The largest absolute Gasteiger partial charge is 0.478 e. The van der Waals surface area contributed by atoms with Gasteiger partial charge in [-0.15, -0.1) is 0 Å². The molecule has 2 heterocycles. The van der Waals surface area contributed by atoms with E-state index in [0.29, 0.717) is 5.69 Å². The van der Waals surface area contributed by atoms with Crippen molar-refractivity contribution in [2.24, 2.45) is 5.73 Å². The lowest BCUT2D eigenvalue weighted by atomic mass is 10.1. The Morgan fingerprint density at radius 1 is 1.13 bits per heavy atom. The number of carboxylic acids is 1. The summed E-state index contributed by atoms with van der Waals surface area (Å²) in [6, 6.07) is 14.5. The summed E-state index contributed by atoms with van der Waals surface area (Å²) in [4.78, 5) is 20.1. The Morgan fingerprint density at radius 3 is 2.40 bits per heavy atom. The summed E-state index contributed by atoms with van der Waals surface area (Å²) >= 11 is 4.05. The molecule has 3 N–H and O–H groups in total. The van der Waals surface area contributed by atoms with Crippen molar-refractivity contribution in [2.75, 3.05) is 36.0 Å². The smallest absolute Gasteiger partial charge is 0.338 e. The molecule has 0 bridgehead atoms. The van der Waals surface area contributed by atoms with Crippen LogP contribution in [0.2, 0.25) is 0 Å². The highest BCUT2D eigenvalue weighted by molar-refractivity contribution is 7.78. The highest BCUT2D eigenvalue weighted by Crippen LogP contribution is 2.26. The lowest BCUT2D eigenvalue weighted by Crippen LogP contribution is -2.47. The normalized spacial score (nSPS) is 13.5. The Labute approximate surface area is 179 Å². The molecule has 4 rings (SSSR count). The third kappa shape index (κ3) is 4.65. The molecule has 0 spiro atoms. The number of carbonyl (C=O) groups is 1. The van der Waals surface area contributed by atoms with Crippen molar-refractivity contribution in [1.29, 1.82) is 0 Å². The quantitative estimate of drug-likeness (QED) is 0.619. The van der Waals surface area contributed by atoms with Crippen LogP contribution in [0.1, 0.15) is 15.9 Å². The van der Waals surface area contributed by atoms with E-state index in [2.05, 4.69) is 46.8 Å². The van der Waals surface area contributed by atoms with Gasteiger partial charge in [0.2, 0.25) is 0 Å². The van der Waals surface area contributed by atoms with Gasteiger partial charge < -0.3 is 20.6 Å². The maximum Gasteiger partial charge on any atom is 0.338 e. The number of anilines is 2. The highest BCUT2D eigenvalue weighted by Gasteiger charge is 2.21. The zero-order chi connectivity index (χ0) is 21.7. The Morgan fingerprint density at radius 2 is 1.77 bits per heavy atom. The molecule has 6 nitrogen and oxygen atoms in total. The Balaban J connectivity index is 0.000000806. The van der Waals surface area contributed by atoms with Crippen molar-refractivity contribution in [2.45, 2.75) is 6.92 Å². The number of pyridine rings is 1. The number of nitrogens with two attached hydrogens (primary N) is 1. The van der Waals surface area contributed by atoms with Gasteiger partial charge in [-0.2, -0.15) is 0 Å². The summed E-state index contributed by atoms with van der Waals surface area (Å²) in [7, 11) is 0. The molecule has 0 radical (unpaired) electrons. The molecule has 1 saturated heterocycles. The van der Waals surface area contributed by atoms with Gasteiger partial charge in [0.25, 0.3) is 0 Å². The number of benzene rings is 2. The zero-order valence-electron chi connectivity index (χ0n) is 16.6. The van der Waals surface area contributed by atoms with Crippen LogP contribution >= 0.6 is 12.2 Å². The number of fused-ring (bicyclic) bond motifs is 1. The standard InChI is InChI=1S/C21H20FN3O2.CH3NS/c1-14-12-15-4-2-3-5-19(15)23-20(14)25-10-8-24(9-11-25)16-6-7-17(21(26)27)18(22)13-16;2-1-3/h2-7,12-13H,8-11H2,1H3,(H,26,27);1H,(H2,2,3). The molecule has 30 heavy (non-hydrogen) atoms. The first-order valence-electron chi connectivity index (χ1n) is 9.49. The predicted molar refractivity (Wildman–Crippen MR) is 122 cm³/mol. The van der Waals surface area contributed by atoms with Crippen LogP contribution in [0.3, 0.4) is 0 Å². The van der Waals surface area contributed by atoms with Gasteiger partial charge in [0.15, 0.2) is 0 Å². The first-order chi connectivity index (χ1) is 14.4. The number of aromatic nitrogens is 1. The molecule has 0 saturated carbocycles. The molecule has 2 aromatic carbocycles. The lowest BCUT2D eigenvalue weighted by molar-refractivity contribution is 0.0692. The highest BCUT2D eigenvalue weighted by atomic mass is 32.1. The minimum Gasteiger partial charge on any atom is -0.478 e. The molecule has 1 aliphatic rings. The number of hydrogen-bond acceptors (Lipinski definition) is 5. The number of aromatic carboxylic acids is 1. The van der Waals surface area contributed by atoms with Crippen LogP contribution in [0.4, 0.5) is 15.9 Å². The number of carboxylic acid groups (broad SMARTS) is 1. The van der Waals surface area contributed by atoms with E-state index in [1.165, 1.54) is 12.1 Å². The molecule has 0 atom stereocenters. The van der Waals surface area contributed by atoms with E-state index in [-0.39, 0.29) is 5.56 Å². The molecule has 3 aromatic rings. The maximum atomic E-state index is 14.0. The van der Waals surface area contributed by atoms with Crippen LogP contribution in [-0.2, 0) is 0 Å². The molecule has 156 valence electrons. The second-order valence-electron chi connectivity index (χ2n) is 6.90. The SMILES string of the molecule is Cc1cc2ccccc2nc1N1CCN(c2ccc(C(=O)O)c(F)c2)CC1.NC=S. The topological polar surface area (TPSA) is 82.7 Å². The molecule has 8 heteroatoms. The van der Waals surface area contributed by atoms with Gasteiger partial charge in [0.1, 0.15) is 11.6 Å². The van der Waals surface area contributed by atoms with Gasteiger partial charge in [0.05, 0.1) is 16.6 Å². The first-order valence-corrected chi connectivity index (χ1v) is 9.96. The van der Waals surface area contributed by atoms with E-state index in [0.717, 1.165) is 54.0 Å². The molecule has 1 fully saturated rings. The fraction of sp³-hybridized carbons (Fsp3) is 0.227. The fourth-order valence-corrected chi connectivity index (χ4v) is 3.58. The first kappa shape index (κ1) is 21.4. The third-order valence-corrected chi connectivity index (χ3v) is 5.02. The average molecular weight is 427 g/mol. The number of halogens is 1. The Bertz CT molecular complexity index is 1070. The lowest BCUT2D eigenvalue weighted by Gasteiger charge is -2.37. The van der Waals surface area contributed by atoms with Crippen molar-refractivity contribution in [3.63, 3.8) is 0 Å². The number of piperazine rings is 1. The summed E-state index contributed by atoms with van der Waals surface area (Å²) in [6.07, 6.45) is 0. The number of hydrogen-bond donors (Lipinski definition) is 2. The monoisotopic (exact) mass is 426 g/mol. The van der Waals surface area contributed by atoms with Crippen molar-refractivity contribution in [3.05, 3.63) is 65.5 Å². The second kappa shape index (κ2) is 9.49. The Hall–Kier alpha value is -3.26. The van der Waals surface area contributed by atoms with Gasteiger partial charge >= 0.3 is 5.97 Å². The molecule has 1 aromatic heterocycles. The molecule has 0 unspecified atom stereocenters. The average Bonchev–Trinajstić information content (AvgIpc) is 2.73. The van der Waals surface area contributed by atoms with Crippen molar-refractivity contribution >= 4 is 46.1 Å². The fourth-order valence-electron chi connectivity index (χ4n) is 3.58. The van der Waals surface area contributed by atoms with E-state index in [1.807, 2.05) is 18.2 Å². The molecule has 1 aliphatic heterocycles. The van der Waals surface area contributed by atoms with Crippen LogP contribution in [0.5, 0.6) is 0 Å². The van der Waals surface area contributed by atoms with Gasteiger partial charge in [-0.1, -0.05) is 30.4 Å². The van der Waals surface area contributed by atoms with Crippen LogP contribution in [-0.4, -0.2) is 47.7 Å². The van der Waals surface area contributed by atoms with Gasteiger partial charge in [0, 0.05) is 37.3 Å². The number of thiocarbonyl (C=S) groups is 1. The Kier molecular flexibility index (Phi) is 6.79. The second-order valence-corrected chi connectivity index (χ2v) is 7.17. The molecule has 0 amide bonds. The minimum atomic E-state index is -1.25. The summed E-state index contributed by atoms with van der Waals surface area (Å²) in [5.41, 5.74) is 8.15. The van der Waals surface area contributed by atoms with Crippen molar-refractivity contribution < 1.29 is 14.3 Å². The number of aryl methyl sites for hydroxylation is 1. The molecular formula is C22H23FN4O2S. The number of para-hydroxylation sites is 1. The van der Waals surface area contributed by atoms with E-state index >= 15 is 0 Å². The van der Waals surface area contributed by atoms with Crippen LogP contribution in [0.25, 0.3) is 10.9 Å². The summed E-state index contributed by atoms with van der Waals surface area (Å²) in [6.45, 7) is 5.06. The van der Waals surface area contributed by atoms with Crippen molar-refractivity contribution in [3.8, 4) is 0 Å². The number of rotatable bonds is 3. The third-order valence-electron chi connectivity index (χ3n) is 5.02. The minimum absolute atomic E-state index is 0.298. The van der Waals surface area contributed by atoms with Gasteiger partial charge in [-0.05, 0) is 42.8 Å². The summed E-state index contributed by atoms with van der Waals surface area (Å²) < 4.78 is 14.0. The molecular weight excluding hydrogens is 403 g/mol. The zero-order valence-corrected chi connectivity index (χ0v) is 17.4. The van der Waals surface area contributed by atoms with E-state index in [1.54, 1.807) is 6.07 Å². The van der Waals surface area contributed by atoms with E-state index < -0.39 is 11.8 Å². The summed E-state index contributed by atoms with van der Waals surface area (Å²) in [5.74, 6) is -0.961. The van der Waals surface area contributed by atoms with Crippen LogP contribution < -0.4 is 15.5 Å². The number of nitrogens with zero attached hydrogens (tertiary/aromatic N) is 3.